The molecule has 1 atom stereocenters. The topological polar surface area (TPSA) is 98.2 Å². The fraction of sp³-hybridized carbons (Fsp3) is 0.846. The molecule has 0 saturated heterocycles. The lowest BCUT2D eigenvalue weighted by molar-refractivity contribution is -0.127. The van der Waals surface area contributed by atoms with Gasteiger partial charge in [-0.1, -0.05) is 20.8 Å². The minimum atomic E-state index is -0.732. The molecule has 0 aromatic rings. The Balaban J connectivity index is 4.10. The highest BCUT2D eigenvalue weighted by Crippen LogP contribution is 2.21. The van der Waals surface area contributed by atoms with Crippen LogP contribution in [0.15, 0.2) is 0 Å². The van der Waals surface area contributed by atoms with E-state index in [9.17, 15) is 9.59 Å². The van der Waals surface area contributed by atoms with Gasteiger partial charge in [-0.3, -0.25) is 9.59 Å². The molecule has 2 amide bonds. The Morgan fingerprint density at radius 1 is 1.17 bits per heavy atom. The molecule has 0 bridgehead atoms. The number of carbonyl (C=O) groups excluding carboxylic acids is 2. The SMILES string of the molecule is CC(C)(C)CC(N)CC(=O)NCC(C)(C)C(N)=O. The van der Waals surface area contributed by atoms with E-state index in [1.54, 1.807) is 13.8 Å². The van der Waals surface area contributed by atoms with Gasteiger partial charge in [-0.15, -0.1) is 0 Å². The third kappa shape index (κ3) is 7.27. The van der Waals surface area contributed by atoms with Crippen LogP contribution in [-0.2, 0) is 9.59 Å². The van der Waals surface area contributed by atoms with Crippen LogP contribution in [0.1, 0.15) is 47.5 Å². The minimum absolute atomic E-state index is 0.103. The summed E-state index contributed by atoms with van der Waals surface area (Å²) in [6.07, 6.45) is 1.05. The van der Waals surface area contributed by atoms with Crippen molar-refractivity contribution in [3.8, 4) is 0 Å². The predicted molar refractivity (Wildman–Crippen MR) is 72.6 cm³/mol. The summed E-state index contributed by atoms with van der Waals surface area (Å²) in [4.78, 5) is 22.8. The second-order valence-electron chi connectivity index (χ2n) is 6.75. The van der Waals surface area contributed by atoms with Crippen LogP contribution < -0.4 is 16.8 Å². The van der Waals surface area contributed by atoms with Crippen molar-refractivity contribution >= 4 is 11.8 Å². The van der Waals surface area contributed by atoms with Gasteiger partial charge in [0, 0.05) is 19.0 Å². The van der Waals surface area contributed by atoms with Crippen molar-refractivity contribution in [2.24, 2.45) is 22.3 Å². The summed E-state index contributed by atoms with van der Waals surface area (Å²) in [6, 6.07) is -0.165. The molecule has 0 fully saturated rings. The Hall–Kier alpha value is -1.10. The zero-order chi connectivity index (χ0) is 14.6. The van der Waals surface area contributed by atoms with Crippen molar-refractivity contribution in [1.29, 1.82) is 0 Å². The molecule has 18 heavy (non-hydrogen) atoms. The molecule has 5 heteroatoms. The van der Waals surface area contributed by atoms with Crippen LogP contribution in [0, 0.1) is 10.8 Å². The van der Waals surface area contributed by atoms with Gasteiger partial charge in [0.1, 0.15) is 0 Å². The minimum Gasteiger partial charge on any atom is -0.369 e. The summed E-state index contributed by atoms with van der Waals surface area (Å²) in [5.41, 5.74) is 10.5. The molecule has 0 radical (unpaired) electrons. The molecule has 5 nitrogen and oxygen atoms in total. The maximum absolute atomic E-state index is 11.7. The largest absolute Gasteiger partial charge is 0.369 e. The Labute approximate surface area is 110 Å². The molecule has 0 aliphatic heterocycles. The Bertz CT molecular complexity index is 306. The molecule has 0 aromatic carbocycles. The maximum Gasteiger partial charge on any atom is 0.224 e. The van der Waals surface area contributed by atoms with E-state index in [0.29, 0.717) is 0 Å². The van der Waals surface area contributed by atoms with Gasteiger partial charge in [-0.05, 0) is 25.7 Å². The molecule has 0 aliphatic carbocycles. The first kappa shape index (κ1) is 16.9. The van der Waals surface area contributed by atoms with E-state index < -0.39 is 11.3 Å². The molecule has 0 aromatic heterocycles. The van der Waals surface area contributed by atoms with Crippen LogP contribution in [0.2, 0.25) is 0 Å². The van der Waals surface area contributed by atoms with E-state index in [4.69, 9.17) is 11.5 Å². The van der Waals surface area contributed by atoms with E-state index in [-0.39, 0.29) is 30.3 Å². The van der Waals surface area contributed by atoms with Crippen molar-refractivity contribution in [2.75, 3.05) is 6.54 Å². The van der Waals surface area contributed by atoms with Gasteiger partial charge < -0.3 is 16.8 Å². The van der Waals surface area contributed by atoms with Gasteiger partial charge >= 0.3 is 0 Å². The number of primary amides is 1. The lowest BCUT2D eigenvalue weighted by Gasteiger charge is -2.24. The number of amides is 2. The van der Waals surface area contributed by atoms with E-state index in [1.807, 2.05) is 0 Å². The highest BCUT2D eigenvalue weighted by atomic mass is 16.2. The third-order valence-corrected chi connectivity index (χ3v) is 2.72. The highest BCUT2D eigenvalue weighted by Gasteiger charge is 2.26. The molecular weight excluding hydrogens is 230 g/mol. The zero-order valence-corrected chi connectivity index (χ0v) is 12.2. The quantitative estimate of drug-likeness (QED) is 0.655. The summed E-state index contributed by atoms with van der Waals surface area (Å²) in [6.45, 7) is 9.89. The van der Waals surface area contributed by atoms with Gasteiger partial charge in [0.15, 0.2) is 0 Å². The molecule has 1 unspecified atom stereocenters. The fourth-order valence-electron chi connectivity index (χ4n) is 1.58. The van der Waals surface area contributed by atoms with Crippen molar-refractivity contribution in [3.63, 3.8) is 0 Å². The van der Waals surface area contributed by atoms with Crippen LogP contribution in [0.3, 0.4) is 0 Å². The molecule has 0 spiro atoms. The molecule has 0 heterocycles. The standard InChI is InChI=1S/C13H27N3O2/c1-12(2,3)7-9(14)6-10(17)16-8-13(4,5)11(15)18/h9H,6-8,14H2,1-5H3,(H2,15,18)(H,16,17). The smallest absolute Gasteiger partial charge is 0.224 e. The second-order valence-corrected chi connectivity index (χ2v) is 6.75. The van der Waals surface area contributed by atoms with Crippen LogP contribution >= 0.6 is 0 Å². The first-order valence-electron chi connectivity index (χ1n) is 6.26. The molecule has 0 rings (SSSR count). The number of rotatable bonds is 6. The van der Waals surface area contributed by atoms with Crippen molar-refractivity contribution < 1.29 is 9.59 Å². The first-order chi connectivity index (χ1) is 7.94. The third-order valence-electron chi connectivity index (χ3n) is 2.72. The average Bonchev–Trinajstić information content (AvgIpc) is 2.11. The fourth-order valence-corrected chi connectivity index (χ4v) is 1.58. The average molecular weight is 257 g/mol. The monoisotopic (exact) mass is 257 g/mol. The summed E-state index contributed by atoms with van der Waals surface area (Å²) in [5.74, 6) is -0.567. The van der Waals surface area contributed by atoms with E-state index in [0.717, 1.165) is 6.42 Å². The molecular formula is C13H27N3O2. The van der Waals surface area contributed by atoms with Gasteiger partial charge in [-0.25, -0.2) is 0 Å². The molecule has 106 valence electrons. The Kier molecular flexibility index (Phi) is 5.80. The van der Waals surface area contributed by atoms with Crippen LogP contribution in [0.25, 0.3) is 0 Å². The van der Waals surface area contributed by atoms with Crippen LogP contribution in [0.4, 0.5) is 0 Å². The summed E-state index contributed by atoms with van der Waals surface area (Å²) >= 11 is 0. The highest BCUT2D eigenvalue weighted by molar-refractivity contribution is 5.82. The number of nitrogens with two attached hydrogens (primary N) is 2. The van der Waals surface area contributed by atoms with Crippen molar-refractivity contribution in [2.45, 2.75) is 53.5 Å². The Morgan fingerprint density at radius 3 is 2.06 bits per heavy atom. The molecule has 5 N–H and O–H groups in total. The molecule has 0 saturated carbocycles. The van der Waals surface area contributed by atoms with Crippen LogP contribution in [-0.4, -0.2) is 24.4 Å². The number of nitrogens with one attached hydrogen (secondary N) is 1. The summed E-state index contributed by atoms with van der Waals surface area (Å²) in [5, 5.41) is 2.70. The van der Waals surface area contributed by atoms with Gasteiger partial charge in [0.05, 0.1) is 5.41 Å². The van der Waals surface area contributed by atoms with E-state index in [1.165, 1.54) is 0 Å². The second kappa shape index (κ2) is 6.18. The molecule has 0 aliphatic rings. The lowest BCUT2D eigenvalue weighted by atomic mass is 9.87. The van der Waals surface area contributed by atoms with Crippen molar-refractivity contribution in [1.82, 2.24) is 5.32 Å². The van der Waals surface area contributed by atoms with E-state index >= 15 is 0 Å². The summed E-state index contributed by atoms with van der Waals surface area (Å²) in [7, 11) is 0. The predicted octanol–water partition coefficient (Wildman–Crippen LogP) is 0.768. The van der Waals surface area contributed by atoms with Crippen molar-refractivity contribution in [3.05, 3.63) is 0 Å². The van der Waals surface area contributed by atoms with Crippen LogP contribution in [0.5, 0.6) is 0 Å². The zero-order valence-electron chi connectivity index (χ0n) is 12.2. The lowest BCUT2D eigenvalue weighted by Crippen LogP contribution is -2.43. The first-order valence-corrected chi connectivity index (χ1v) is 6.26. The Morgan fingerprint density at radius 2 is 1.67 bits per heavy atom. The maximum atomic E-state index is 11.7. The van der Waals surface area contributed by atoms with Gasteiger partial charge in [0.2, 0.25) is 11.8 Å². The van der Waals surface area contributed by atoms with Gasteiger partial charge in [0.25, 0.3) is 0 Å². The number of carbonyl (C=O) groups is 2. The normalized spacial score (nSPS) is 14.1. The van der Waals surface area contributed by atoms with Gasteiger partial charge in [-0.2, -0.15) is 0 Å². The number of hydrogen-bond donors (Lipinski definition) is 3. The summed E-state index contributed by atoms with van der Waals surface area (Å²) < 4.78 is 0. The number of hydrogen-bond acceptors (Lipinski definition) is 3. The van der Waals surface area contributed by atoms with E-state index in [2.05, 4.69) is 26.1 Å².